The fraction of sp³-hybridized carbons (Fsp3) is 0.973. The molecule has 26 heteroatoms. The Bertz CT molecular complexity index is 1420. The highest BCUT2D eigenvalue weighted by atomic mass is 28.3. The fourth-order valence-electron chi connectivity index (χ4n) is 7.94. The van der Waals surface area contributed by atoms with Crippen molar-refractivity contribution < 1.29 is 119 Å². The van der Waals surface area contributed by atoms with Crippen LogP contribution in [0.1, 0.15) is 20.3 Å². The molecular weight excluding hydrogens is 870 g/mol. The molecule has 0 aromatic carbocycles. The van der Waals surface area contributed by atoms with Gasteiger partial charge in [-0.2, -0.15) is 0 Å². The molecule has 25 nitrogen and oxygen atoms in total. The summed E-state index contributed by atoms with van der Waals surface area (Å²) < 4.78 is 58.7. The van der Waals surface area contributed by atoms with E-state index in [-0.39, 0.29) is 13.0 Å². The van der Waals surface area contributed by atoms with Crippen LogP contribution >= 0.6 is 0 Å². The highest BCUT2D eigenvalue weighted by Gasteiger charge is 2.57. The molecule has 0 saturated carbocycles. The third kappa shape index (κ3) is 12.5. The minimum atomic E-state index is -2.07. The second kappa shape index (κ2) is 22.7. The topological polar surface area (TPSA) is 384 Å². The molecule has 5 saturated heterocycles. The van der Waals surface area contributed by atoms with Crippen molar-refractivity contribution in [1.82, 2.24) is 5.32 Å². The van der Waals surface area contributed by atoms with Crippen LogP contribution in [0, 0.1) is 0 Å². The van der Waals surface area contributed by atoms with Gasteiger partial charge in [-0.15, -0.1) is 0 Å². The van der Waals surface area contributed by atoms with Crippen molar-refractivity contribution in [3.05, 3.63) is 0 Å². The van der Waals surface area contributed by atoms with Crippen molar-refractivity contribution in [2.75, 3.05) is 33.0 Å². The highest BCUT2D eigenvalue weighted by Crippen LogP contribution is 2.37. The molecule has 0 spiro atoms. The molecule has 0 unspecified atom stereocenters. The smallest absolute Gasteiger partial charge is 0.217 e. The number of aliphatic hydroxyl groups excluding tert-OH is 13. The number of aliphatic hydroxyl groups is 13. The molecule has 5 rings (SSSR count). The maximum atomic E-state index is 12.9. The molecule has 5 heterocycles. The first kappa shape index (κ1) is 52.7. The fourth-order valence-corrected chi connectivity index (χ4v) is 8.67. The Morgan fingerprint density at radius 3 is 1.68 bits per heavy atom. The van der Waals surface area contributed by atoms with Gasteiger partial charge < -0.3 is 119 Å². The van der Waals surface area contributed by atoms with Gasteiger partial charge in [0.2, 0.25) is 5.91 Å². The zero-order valence-electron chi connectivity index (χ0n) is 35.6. The Kier molecular flexibility index (Phi) is 19.0. The second-order valence-electron chi connectivity index (χ2n) is 17.7. The number of nitrogens with one attached hydrogen (secondary N) is 1. The average Bonchev–Trinajstić information content (AvgIpc) is 3.23. The number of amides is 1. The van der Waals surface area contributed by atoms with Crippen LogP contribution in [0.3, 0.4) is 0 Å². The first-order valence-electron chi connectivity index (χ1n) is 21.0. The molecule has 5 fully saturated rings. The maximum Gasteiger partial charge on any atom is 0.217 e. The second-order valence-corrected chi connectivity index (χ2v) is 23.4. The van der Waals surface area contributed by atoms with Gasteiger partial charge in [0.25, 0.3) is 0 Å². The number of hydrogen-bond acceptors (Lipinski definition) is 24. The Morgan fingerprint density at radius 2 is 1.08 bits per heavy atom. The number of carbonyl (C=O) groups is 1. The normalized spacial score (nSPS) is 47.6. The molecule has 5 aliphatic rings. The lowest BCUT2D eigenvalue weighted by Crippen LogP contribution is -2.71. The quantitative estimate of drug-likeness (QED) is 0.0603. The number of carbonyl (C=O) groups excluding carboxylic acids is 1. The van der Waals surface area contributed by atoms with E-state index in [4.69, 9.17) is 47.4 Å². The first-order chi connectivity index (χ1) is 29.6. The number of ether oxygens (including phenoxy) is 10. The Balaban J connectivity index is 1.44. The van der Waals surface area contributed by atoms with Gasteiger partial charge in [0.05, 0.1) is 44.7 Å². The van der Waals surface area contributed by atoms with E-state index in [1.54, 1.807) is 0 Å². The van der Waals surface area contributed by atoms with Gasteiger partial charge in [-0.3, -0.25) is 4.79 Å². The van der Waals surface area contributed by atoms with Gasteiger partial charge in [-0.25, -0.2) is 0 Å². The summed E-state index contributed by atoms with van der Waals surface area (Å²) in [6, 6.07) is -0.976. The van der Waals surface area contributed by atoms with Gasteiger partial charge in [0, 0.05) is 28.0 Å². The zero-order chi connectivity index (χ0) is 46.7. The summed E-state index contributed by atoms with van der Waals surface area (Å²) in [6.07, 6.45) is -38.6. The van der Waals surface area contributed by atoms with Crippen LogP contribution in [-0.4, -0.2) is 261 Å². The Hall–Kier alpha value is -1.23. The zero-order valence-corrected chi connectivity index (χ0v) is 36.6. The van der Waals surface area contributed by atoms with E-state index in [1.807, 2.05) is 0 Å². The van der Waals surface area contributed by atoms with E-state index < -0.39 is 188 Å². The summed E-state index contributed by atoms with van der Waals surface area (Å²) in [5.41, 5.74) is 0. The molecule has 24 atom stereocenters. The Morgan fingerprint density at radius 1 is 0.556 bits per heavy atom. The molecule has 368 valence electrons. The van der Waals surface area contributed by atoms with Crippen molar-refractivity contribution in [2.45, 2.75) is 193 Å². The predicted octanol–water partition coefficient (Wildman–Crippen LogP) is -7.36. The van der Waals surface area contributed by atoms with Crippen LogP contribution < -0.4 is 5.32 Å². The van der Waals surface area contributed by atoms with Gasteiger partial charge >= 0.3 is 0 Å². The SMILES string of the molecule is CC(=O)N[C@H]1[C@H](O[C@H]2[C@@H](O)[C@@H](CO)O[C@@H](O[C@H]3[C@H](O)[C@@H](O)[C@H](OCC[Si](C)(C)C)O[C@@H]3CO)[C@@H]2O)O[C@H](CO)[C@@H](O[C@@H]2O[C@H](CO)C[C@H](O)[C@H]2O)[C@@H]1O[C@@H]1O[C@@H](C)[C@@H](O)[C@@H](O)[C@@H]1O. The van der Waals surface area contributed by atoms with E-state index in [0.29, 0.717) is 6.04 Å². The van der Waals surface area contributed by atoms with Crippen LogP contribution in [0.2, 0.25) is 25.7 Å². The lowest BCUT2D eigenvalue weighted by Gasteiger charge is -2.51. The summed E-state index contributed by atoms with van der Waals surface area (Å²) in [7, 11) is -1.57. The van der Waals surface area contributed by atoms with E-state index in [0.717, 1.165) is 6.92 Å². The monoisotopic (exact) mass is 937 g/mol. The van der Waals surface area contributed by atoms with Crippen molar-refractivity contribution >= 4 is 14.0 Å². The molecular formula is C37H67NO24Si. The molecule has 0 bridgehead atoms. The van der Waals surface area contributed by atoms with Crippen LogP contribution in [0.4, 0.5) is 0 Å². The van der Waals surface area contributed by atoms with E-state index in [2.05, 4.69) is 25.0 Å². The summed E-state index contributed by atoms with van der Waals surface area (Å²) >= 11 is 0. The lowest BCUT2D eigenvalue weighted by atomic mass is 9.93. The molecule has 5 aliphatic heterocycles. The molecule has 63 heavy (non-hydrogen) atoms. The van der Waals surface area contributed by atoms with Gasteiger partial charge in [-0.05, 0) is 13.0 Å². The summed E-state index contributed by atoms with van der Waals surface area (Å²) in [5.74, 6) is -0.782. The van der Waals surface area contributed by atoms with Crippen LogP contribution in [0.15, 0.2) is 0 Å². The van der Waals surface area contributed by atoms with E-state index >= 15 is 0 Å². The largest absolute Gasteiger partial charge is 0.394 e. The van der Waals surface area contributed by atoms with Gasteiger partial charge in [0.1, 0.15) is 97.6 Å². The molecule has 1 amide bonds. The number of rotatable bonds is 17. The van der Waals surface area contributed by atoms with E-state index in [9.17, 15) is 71.2 Å². The third-order valence-corrected chi connectivity index (χ3v) is 13.4. The van der Waals surface area contributed by atoms with Gasteiger partial charge in [-0.1, -0.05) is 19.6 Å². The molecule has 0 aromatic rings. The number of hydrogen-bond donors (Lipinski definition) is 14. The van der Waals surface area contributed by atoms with Crippen LogP contribution in [-0.2, 0) is 52.2 Å². The van der Waals surface area contributed by atoms with Crippen molar-refractivity contribution in [1.29, 1.82) is 0 Å². The Labute approximate surface area is 363 Å². The predicted molar refractivity (Wildman–Crippen MR) is 207 cm³/mol. The summed E-state index contributed by atoms with van der Waals surface area (Å²) in [5, 5.41) is 142. The van der Waals surface area contributed by atoms with E-state index in [1.165, 1.54) is 6.92 Å². The standard InChI is InChI=1S/C37H67NO24Si/c1-13-21(45)24(48)26(50)36(54-13)61-31-20(38-14(2)43)33(57-19(12-42)30(31)60-35-22(46)16(44)8-15(9-39)55-35)62-32-23(47)17(10-40)56-37(28(32)52)59-29-18(11-41)58-34(27(51)25(29)49)53-6-7-63(3,4)5/h13,15-37,39-42,44-52H,6-12H2,1-5H3,(H,38,43)/t13-,15-,16-,17+,18+,19+,20+,21+,22+,23-,24+,25+,26-,27+,28+,29+,30+,31+,32-,33-,34+,35-,36-,37-/m0/s1. The average molecular weight is 938 g/mol. The molecule has 0 radical (unpaired) electrons. The molecule has 0 aliphatic carbocycles. The highest BCUT2D eigenvalue weighted by molar-refractivity contribution is 6.76. The van der Waals surface area contributed by atoms with Gasteiger partial charge in [0.15, 0.2) is 31.5 Å². The molecule has 14 N–H and O–H groups in total. The van der Waals surface area contributed by atoms with Crippen molar-refractivity contribution in [2.24, 2.45) is 0 Å². The van der Waals surface area contributed by atoms with Crippen molar-refractivity contribution in [3.8, 4) is 0 Å². The van der Waals surface area contributed by atoms with Crippen LogP contribution in [0.5, 0.6) is 0 Å². The molecule has 0 aromatic heterocycles. The summed E-state index contributed by atoms with van der Waals surface area (Å²) in [4.78, 5) is 12.9. The third-order valence-electron chi connectivity index (χ3n) is 11.7. The van der Waals surface area contributed by atoms with Crippen molar-refractivity contribution in [3.63, 3.8) is 0 Å². The summed E-state index contributed by atoms with van der Waals surface area (Å²) in [6.45, 7) is 5.70. The van der Waals surface area contributed by atoms with Crippen LogP contribution in [0.25, 0.3) is 0 Å². The first-order valence-corrected chi connectivity index (χ1v) is 24.7. The minimum absolute atomic E-state index is 0.189. The minimum Gasteiger partial charge on any atom is -0.394 e. The maximum absolute atomic E-state index is 12.9. The lowest BCUT2D eigenvalue weighted by molar-refractivity contribution is -0.389.